The molecule has 0 bridgehead atoms. The summed E-state index contributed by atoms with van der Waals surface area (Å²) in [6, 6.07) is 20.9. The minimum atomic E-state index is -0.518. The maximum atomic E-state index is 12.5. The first-order valence-electron chi connectivity index (χ1n) is 9.37. The summed E-state index contributed by atoms with van der Waals surface area (Å²) in [7, 11) is 1.58. The second-order valence-corrected chi connectivity index (χ2v) is 8.25. The average Bonchev–Trinajstić information content (AvgIpc) is 3.15. The molecule has 31 heavy (non-hydrogen) atoms. The SMILES string of the molecule is COc1c(Br)cc(/C=C2\N=C(c3ccccc3)OC2=O)c(OCc2ccccc2)c1Br. The quantitative estimate of drug-likeness (QED) is 0.277. The highest BCUT2D eigenvalue weighted by molar-refractivity contribution is 9.11. The summed E-state index contributed by atoms with van der Waals surface area (Å²) in [6.45, 7) is 0.351. The third kappa shape index (κ3) is 4.73. The number of halogens is 2. The third-order valence-electron chi connectivity index (χ3n) is 4.52. The van der Waals surface area contributed by atoms with Crippen LogP contribution >= 0.6 is 31.9 Å². The van der Waals surface area contributed by atoms with Gasteiger partial charge in [-0.2, -0.15) is 0 Å². The number of hydrogen-bond acceptors (Lipinski definition) is 5. The lowest BCUT2D eigenvalue weighted by molar-refractivity contribution is -0.129. The number of esters is 1. The number of benzene rings is 3. The average molecular weight is 543 g/mol. The van der Waals surface area contributed by atoms with E-state index < -0.39 is 5.97 Å². The van der Waals surface area contributed by atoms with Gasteiger partial charge in [-0.15, -0.1) is 0 Å². The number of carbonyl (C=O) groups is 1. The molecule has 0 saturated carbocycles. The molecular weight excluding hydrogens is 526 g/mol. The predicted molar refractivity (Wildman–Crippen MR) is 126 cm³/mol. The van der Waals surface area contributed by atoms with Gasteiger partial charge in [-0.05, 0) is 61.7 Å². The van der Waals surface area contributed by atoms with E-state index in [9.17, 15) is 4.79 Å². The standard InChI is InChI=1S/C24H17Br2NO4/c1-29-22-18(25)12-17(21(20(22)26)30-14-15-8-4-2-5-9-15)13-19-24(28)31-23(27-19)16-10-6-3-7-11-16/h2-13H,14H2,1H3/b19-13-. The van der Waals surface area contributed by atoms with Crippen LogP contribution in [0.4, 0.5) is 0 Å². The van der Waals surface area contributed by atoms with E-state index in [0.29, 0.717) is 32.6 Å². The highest BCUT2D eigenvalue weighted by atomic mass is 79.9. The van der Waals surface area contributed by atoms with Crippen LogP contribution in [0.15, 0.2) is 86.4 Å². The molecule has 0 radical (unpaired) electrons. The molecule has 0 atom stereocenters. The van der Waals surface area contributed by atoms with Gasteiger partial charge in [0, 0.05) is 11.1 Å². The number of methoxy groups -OCH3 is 1. The Kier molecular flexibility index (Phi) is 6.53. The van der Waals surface area contributed by atoms with Gasteiger partial charge in [0.2, 0.25) is 5.90 Å². The Bertz CT molecular complexity index is 1180. The van der Waals surface area contributed by atoms with Crippen LogP contribution < -0.4 is 9.47 Å². The number of cyclic esters (lactones) is 1. The molecule has 0 aliphatic carbocycles. The van der Waals surface area contributed by atoms with E-state index in [1.807, 2.05) is 66.7 Å². The lowest BCUT2D eigenvalue weighted by Gasteiger charge is -2.16. The lowest BCUT2D eigenvalue weighted by atomic mass is 10.1. The summed E-state index contributed by atoms with van der Waals surface area (Å²) in [5.41, 5.74) is 2.59. The molecule has 1 aliphatic heterocycles. The Morgan fingerprint density at radius 2 is 1.68 bits per heavy atom. The monoisotopic (exact) mass is 541 g/mol. The minimum Gasteiger partial charge on any atom is -0.494 e. The fraction of sp³-hybridized carbons (Fsp3) is 0.0833. The van der Waals surface area contributed by atoms with Crippen molar-refractivity contribution in [2.24, 2.45) is 4.99 Å². The van der Waals surface area contributed by atoms with Crippen LogP contribution in [0.5, 0.6) is 11.5 Å². The number of ether oxygens (including phenoxy) is 3. The molecular formula is C24H17Br2NO4. The molecule has 0 spiro atoms. The fourth-order valence-electron chi connectivity index (χ4n) is 3.03. The Hall–Kier alpha value is -2.90. The Balaban J connectivity index is 1.73. The molecule has 1 aliphatic rings. The van der Waals surface area contributed by atoms with E-state index in [1.165, 1.54) is 0 Å². The molecule has 0 amide bonds. The van der Waals surface area contributed by atoms with Crippen molar-refractivity contribution in [3.05, 3.63) is 98.1 Å². The number of carbonyl (C=O) groups excluding carboxylic acids is 1. The number of aliphatic imine (C=N–C) groups is 1. The van der Waals surface area contributed by atoms with E-state index in [0.717, 1.165) is 11.1 Å². The third-order valence-corrected chi connectivity index (χ3v) is 5.83. The molecule has 3 aromatic carbocycles. The molecule has 0 unspecified atom stereocenters. The van der Waals surface area contributed by atoms with E-state index in [1.54, 1.807) is 13.2 Å². The first-order chi connectivity index (χ1) is 15.1. The van der Waals surface area contributed by atoms with Crippen LogP contribution in [0.1, 0.15) is 16.7 Å². The van der Waals surface area contributed by atoms with Gasteiger partial charge in [0.05, 0.1) is 11.6 Å². The topological polar surface area (TPSA) is 57.1 Å². The first kappa shape index (κ1) is 21.3. The van der Waals surface area contributed by atoms with Crippen molar-refractivity contribution in [3.8, 4) is 11.5 Å². The summed E-state index contributed by atoms with van der Waals surface area (Å²) in [4.78, 5) is 16.8. The normalized spacial score (nSPS) is 14.4. The van der Waals surface area contributed by atoms with Crippen molar-refractivity contribution in [2.45, 2.75) is 6.61 Å². The van der Waals surface area contributed by atoms with Gasteiger partial charge in [0.15, 0.2) is 11.4 Å². The summed E-state index contributed by atoms with van der Waals surface area (Å²) in [6.07, 6.45) is 1.65. The molecule has 4 rings (SSSR count). The number of rotatable bonds is 6. The van der Waals surface area contributed by atoms with Crippen LogP contribution in [0.25, 0.3) is 6.08 Å². The molecule has 0 saturated heterocycles. The Labute approximate surface area is 196 Å². The van der Waals surface area contributed by atoms with Gasteiger partial charge in [-0.25, -0.2) is 9.79 Å². The molecule has 0 N–H and O–H groups in total. The summed E-state index contributed by atoms with van der Waals surface area (Å²) >= 11 is 7.08. The highest BCUT2D eigenvalue weighted by Crippen LogP contribution is 2.44. The van der Waals surface area contributed by atoms with Crippen LogP contribution in [0.3, 0.4) is 0 Å². The van der Waals surface area contributed by atoms with Gasteiger partial charge >= 0.3 is 5.97 Å². The summed E-state index contributed by atoms with van der Waals surface area (Å²) in [5, 5.41) is 0. The molecule has 0 fully saturated rings. The van der Waals surface area contributed by atoms with Crippen LogP contribution in [0, 0.1) is 0 Å². The van der Waals surface area contributed by atoms with E-state index >= 15 is 0 Å². The van der Waals surface area contributed by atoms with E-state index in [2.05, 4.69) is 36.9 Å². The maximum absolute atomic E-state index is 12.5. The second kappa shape index (κ2) is 9.49. The minimum absolute atomic E-state index is 0.187. The van der Waals surface area contributed by atoms with Gasteiger partial charge in [-0.1, -0.05) is 48.5 Å². The van der Waals surface area contributed by atoms with E-state index in [-0.39, 0.29) is 11.6 Å². The zero-order valence-electron chi connectivity index (χ0n) is 16.5. The fourth-order valence-corrected chi connectivity index (χ4v) is 4.63. The molecule has 156 valence electrons. The van der Waals surface area contributed by atoms with Gasteiger partial charge in [0.25, 0.3) is 0 Å². The largest absolute Gasteiger partial charge is 0.494 e. The predicted octanol–water partition coefficient (Wildman–Crippen LogP) is 6.14. The Morgan fingerprint density at radius 1 is 1.00 bits per heavy atom. The summed E-state index contributed by atoms with van der Waals surface area (Å²) < 4.78 is 18.3. The van der Waals surface area contributed by atoms with Crippen LogP contribution in [-0.2, 0) is 16.1 Å². The van der Waals surface area contributed by atoms with Gasteiger partial charge in [-0.3, -0.25) is 0 Å². The van der Waals surface area contributed by atoms with Crippen molar-refractivity contribution in [1.82, 2.24) is 0 Å². The maximum Gasteiger partial charge on any atom is 0.363 e. The van der Waals surface area contributed by atoms with Gasteiger partial charge < -0.3 is 14.2 Å². The zero-order valence-corrected chi connectivity index (χ0v) is 19.6. The van der Waals surface area contributed by atoms with Crippen LogP contribution in [0.2, 0.25) is 0 Å². The van der Waals surface area contributed by atoms with Crippen molar-refractivity contribution < 1.29 is 19.0 Å². The Morgan fingerprint density at radius 3 is 2.35 bits per heavy atom. The van der Waals surface area contributed by atoms with E-state index in [4.69, 9.17) is 14.2 Å². The van der Waals surface area contributed by atoms with Crippen molar-refractivity contribution in [3.63, 3.8) is 0 Å². The number of hydrogen-bond donors (Lipinski definition) is 0. The van der Waals surface area contributed by atoms with Crippen molar-refractivity contribution in [2.75, 3.05) is 7.11 Å². The zero-order chi connectivity index (χ0) is 21.8. The first-order valence-corrected chi connectivity index (χ1v) is 11.0. The second-order valence-electron chi connectivity index (χ2n) is 6.60. The molecule has 1 heterocycles. The molecule has 0 aromatic heterocycles. The summed E-state index contributed by atoms with van der Waals surface area (Å²) in [5.74, 6) is 0.881. The van der Waals surface area contributed by atoms with Crippen LogP contribution in [-0.4, -0.2) is 19.0 Å². The van der Waals surface area contributed by atoms with Crippen molar-refractivity contribution in [1.29, 1.82) is 0 Å². The van der Waals surface area contributed by atoms with Gasteiger partial charge in [0.1, 0.15) is 16.8 Å². The molecule has 3 aromatic rings. The van der Waals surface area contributed by atoms with Crippen molar-refractivity contribution >= 4 is 49.8 Å². The smallest absolute Gasteiger partial charge is 0.363 e. The lowest BCUT2D eigenvalue weighted by Crippen LogP contribution is -2.05. The molecule has 7 heteroatoms. The number of nitrogens with zero attached hydrogens (tertiary/aromatic N) is 1. The molecule has 5 nitrogen and oxygen atoms in total. The highest BCUT2D eigenvalue weighted by Gasteiger charge is 2.25.